The number of fused-ring (bicyclic) bond motifs is 2. The number of ether oxygens (including phenoxy) is 3. The SMILES string of the molecule is COCCn1c(Cc2ccc(-c3cccc4c3OC(c3ccccc3)C4)cc2F)nc2ccc(C(=O)OC)cc21. The van der Waals surface area contributed by atoms with Crippen LogP contribution < -0.4 is 4.74 Å². The lowest BCUT2D eigenvalue weighted by molar-refractivity contribution is 0.0601. The molecule has 1 atom stereocenters. The second-order valence-electron chi connectivity index (χ2n) is 9.87. The Labute approximate surface area is 232 Å². The first-order valence-electron chi connectivity index (χ1n) is 13.2. The van der Waals surface area contributed by atoms with E-state index in [9.17, 15) is 4.79 Å². The van der Waals surface area contributed by atoms with Gasteiger partial charge in [0.2, 0.25) is 0 Å². The van der Waals surface area contributed by atoms with Crippen LogP contribution >= 0.6 is 0 Å². The summed E-state index contributed by atoms with van der Waals surface area (Å²) < 4.78 is 34.1. The number of imidazole rings is 1. The van der Waals surface area contributed by atoms with Gasteiger partial charge in [0.05, 0.1) is 30.3 Å². The Balaban J connectivity index is 1.30. The van der Waals surface area contributed by atoms with Crippen molar-refractivity contribution in [3.63, 3.8) is 0 Å². The summed E-state index contributed by atoms with van der Waals surface area (Å²) in [5.41, 5.74) is 6.35. The van der Waals surface area contributed by atoms with E-state index in [1.54, 1.807) is 31.4 Å². The summed E-state index contributed by atoms with van der Waals surface area (Å²) in [5.74, 6) is 0.769. The van der Waals surface area contributed by atoms with E-state index < -0.39 is 5.97 Å². The van der Waals surface area contributed by atoms with Crippen LogP contribution in [-0.2, 0) is 28.9 Å². The van der Waals surface area contributed by atoms with E-state index in [0.29, 0.717) is 30.1 Å². The summed E-state index contributed by atoms with van der Waals surface area (Å²) in [4.78, 5) is 16.9. The van der Waals surface area contributed by atoms with E-state index in [4.69, 9.17) is 19.2 Å². The van der Waals surface area contributed by atoms with Gasteiger partial charge in [-0.1, -0.05) is 60.7 Å². The van der Waals surface area contributed by atoms with Gasteiger partial charge in [-0.25, -0.2) is 14.2 Å². The van der Waals surface area contributed by atoms with Crippen molar-refractivity contribution in [2.75, 3.05) is 20.8 Å². The number of benzene rings is 4. The predicted molar refractivity (Wildman–Crippen MR) is 151 cm³/mol. The van der Waals surface area contributed by atoms with Crippen LogP contribution in [0.4, 0.5) is 4.39 Å². The van der Waals surface area contributed by atoms with Gasteiger partial charge in [-0.3, -0.25) is 0 Å². The van der Waals surface area contributed by atoms with Gasteiger partial charge in [-0.2, -0.15) is 0 Å². The van der Waals surface area contributed by atoms with E-state index >= 15 is 4.39 Å². The summed E-state index contributed by atoms with van der Waals surface area (Å²) in [5, 5.41) is 0. The van der Waals surface area contributed by atoms with Gasteiger partial charge in [-0.15, -0.1) is 0 Å². The van der Waals surface area contributed by atoms with Gasteiger partial charge in [0.15, 0.2) is 0 Å². The smallest absolute Gasteiger partial charge is 0.337 e. The molecule has 0 aliphatic carbocycles. The summed E-state index contributed by atoms with van der Waals surface area (Å²) in [6.45, 7) is 0.966. The monoisotopic (exact) mass is 536 g/mol. The number of aromatic nitrogens is 2. The van der Waals surface area contributed by atoms with Crippen molar-refractivity contribution in [2.45, 2.75) is 25.5 Å². The summed E-state index contributed by atoms with van der Waals surface area (Å²) in [6.07, 6.45) is 1.02. The molecule has 1 aliphatic heterocycles. The quantitative estimate of drug-likeness (QED) is 0.211. The van der Waals surface area contributed by atoms with Crippen molar-refractivity contribution >= 4 is 17.0 Å². The van der Waals surface area contributed by atoms with Gasteiger partial charge >= 0.3 is 5.97 Å². The average Bonchev–Trinajstić information content (AvgIpc) is 3.58. The lowest BCUT2D eigenvalue weighted by Gasteiger charge is -2.14. The van der Waals surface area contributed by atoms with Gasteiger partial charge in [0, 0.05) is 32.1 Å². The summed E-state index contributed by atoms with van der Waals surface area (Å²) in [7, 11) is 2.98. The largest absolute Gasteiger partial charge is 0.484 e. The first kappa shape index (κ1) is 25.8. The van der Waals surface area contributed by atoms with Crippen molar-refractivity contribution in [3.8, 4) is 16.9 Å². The van der Waals surface area contributed by atoms with Crippen molar-refractivity contribution in [1.82, 2.24) is 9.55 Å². The number of carbonyl (C=O) groups is 1. The maximum atomic E-state index is 15.6. The topological polar surface area (TPSA) is 62.6 Å². The van der Waals surface area contributed by atoms with Crippen molar-refractivity contribution in [1.29, 1.82) is 0 Å². The van der Waals surface area contributed by atoms with Crippen LogP contribution in [0.3, 0.4) is 0 Å². The molecule has 1 unspecified atom stereocenters. The molecule has 0 saturated carbocycles. The fraction of sp³-hybridized carbons (Fsp3) is 0.212. The Morgan fingerprint density at radius 3 is 2.65 bits per heavy atom. The van der Waals surface area contributed by atoms with E-state index in [1.807, 2.05) is 47.0 Å². The van der Waals surface area contributed by atoms with Crippen LogP contribution in [0.15, 0.2) is 84.9 Å². The second kappa shape index (κ2) is 10.9. The third-order valence-electron chi connectivity index (χ3n) is 7.41. The molecule has 0 fully saturated rings. The second-order valence-corrected chi connectivity index (χ2v) is 9.87. The van der Waals surface area contributed by atoms with Crippen molar-refractivity contribution < 1.29 is 23.4 Å². The summed E-state index contributed by atoms with van der Waals surface area (Å²) >= 11 is 0. The number of methoxy groups -OCH3 is 2. The lowest BCUT2D eigenvalue weighted by Crippen LogP contribution is -2.10. The Bertz CT molecular complexity index is 1700. The zero-order valence-electron chi connectivity index (χ0n) is 22.4. The van der Waals surface area contributed by atoms with Crippen LogP contribution in [0.1, 0.15) is 39.0 Å². The highest BCUT2D eigenvalue weighted by atomic mass is 19.1. The minimum Gasteiger partial charge on any atom is -0.484 e. The van der Waals surface area contributed by atoms with E-state index in [1.165, 1.54) is 7.11 Å². The standard InChI is InChI=1S/C33H29FN2O4/c1-38-16-15-36-29-18-25(33(37)39-2)13-14-28(29)35-31(36)20-23-12-11-22(17-27(23)34)26-10-6-9-24-19-30(40-32(24)26)21-7-4-3-5-8-21/h3-14,17-18,30H,15-16,19-20H2,1-2H3. The number of halogens is 1. The number of esters is 1. The average molecular weight is 537 g/mol. The highest BCUT2D eigenvalue weighted by molar-refractivity contribution is 5.93. The maximum Gasteiger partial charge on any atom is 0.337 e. The first-order valence-corrected chi connectivity index (χ1v) is 13.2. The van der Waals surface area contributed by atoms with Crippen LogP contribution in [0.5, 0.6) is 5.75 Å². The molecule has 0 N–H and O–H groups in total. The van der Waals surface area contributed by atoms with Crippen molar-refractivity contribution in [3.05, 3.63) is 119 Å². The van der Waals surface area contributed by atoms with Gasteiger partial charge < -0.3 is 18.8 Å². The Hall–Kier alpha value is -4.49. The molecule has 1 aromatic heterocycles. The molecular weight excluding hydrogens is 507 g/mol. The highest BCUT2D eigenvalue weighted by Crippen LogP contribution is 2.43. The predicted octanol–water partition coefficient (Wildman–Crippen LogP) is 6.54. The zero-order chi connectivity index (χ0) is 27.6. The lowest BCUT2D eigenvalue weighted by atomic mass is 9.98. The molecule has 202 valence electrons. The Morgan fingerprint density at radius 1 is 1.02 bits per heavy atom. The number of carbonyl (C=O) groups excluding carboxylic acids is 1. The fourth-order valence-corrected chi connectivity index (χ4v) is 5.36. The third-order valence-corrected chi connectivity index (χ3v) is 7.41. The summed E-state index contributed by atoms with van der Waals surface area (Å²) in [6, 6.07) is 26.7. The molecule has 40 heavy (non-hydrogen) atoms. The zero-order valence-corrected chi connectivity index (χ0v) is 22.4. The molecule has 5 aromatic rings. The molecule has 0 amide bonds. The molecular formula is C33H29FN2O4. The normalized spacial score (nSPS) is 14.2. The van der Waals surface area contributed by atoms with Gasteiger partial charge in [-0.05, 0) is 46.5 Å². The van der Waals surface area contributed by atoms with Crippen LogP contribution in [0.2, 0.25) is 0 Å². The molecule has 0 saturated heterocycles. The molecule has 1 aliphatic rings. The molecule has 7 heteroatoms. The van der Waals surface area contributed by atoms with Crippen molar-refractivity contribution in [2.24, 2.45) is 0 Å². The first-order chi connectivity index (χ1) is 19.6. The number of para-hydroxylation sites is 1. The number of rotatable bonds is 8. The Kier molecular flexibility index (Phi) is 7.05. The molecule has 2 heterocycles. The molecule has 6 rings (SSSR count). The van der Waals surface area contributed by atoms with Gasteiger partial charge in [0.1, 0.15) is 23.5 Å². The van der Waals surface area contributed by atoms with Crippen LogP contribution in [-0.4, -0.2) is 36.3 Å². The number of nitrogens with zero attached hydrogens (tertiary/aromatic N) is 2. The molecule has 0 bridgehead atoms. The molecule has 6 nitrogen and oxygen atoms in total. The number of hydrogen-bond acceptors (Lipinski definition) is 5. The highest BCUT2D eigenvalue weighted by Gasteiger charge is 2.27. The van der Waals surface area contributed by atoms with Crippen LogP contribution in [0, 0.1) is 5.82 Å². The molecule has 0 radical (unpaired) electrons. The van der Waals surface area contributed by atoms with E-state index in [-0.39, 0.29) is 18.3 Å². The third kappa shape index (κ3) is 4.84. The molecule has 4 aromatic carbocycles. The number of hydrogen-bond donors (Lipinski definition) is 0. The molecule has 0 spiro atoms. The Morgan fingerprint density at radius 2 is 1.88 bits per heavy atom. The van der Waals surface area contributed by atoms with Gasteiger partial charge in [0.25, 0.3) is 0 Å². The van der Waals surface area contributed by atoms with E-state index in [2.05, 4.69) is 18.2 Å². The maximum absolute atomic E-state index is 15.6. The minimum atomic E-state index is -0.420. The van der Waals surface area contributed by atoms with Crippen LogP contribution in [0.25, 0.3) is 22.2 Å². The minimum absolute atomic E-state index is 0.0544. The fourth-order valence-electron chi connectivity index (χ4n) is 5.36. The van der Waals surface area contributed by atoms with E-state index in [0.717, 1.165) is 45.5 Å².